The maximum atomic E-state index is 14.2. The Morgan fingerprint density at radius 2 is 1.91 bits per heavy atom. The molecule has 2 amide bonds. The van der Waals surface area contributed by atoms with Crippen LogP contribution in [-0.4, -0.2) is 87.6 Å². The number of nitrogens with one attached hydrogen (secondary N) is 1. The first-order valence-corrected chi connectivity index (χ1v) is 16.3. The highest BCUT2D eigenvalue weighted by Crippen LogP contribution is 2.45. The Kier molecular flexibility index (Phi) is 8.52. The van der Waals surface area contributed by atoms with E-state index in [0.29, 0.717) is 18.3 Å². The third-order valence-corrected chi connectivity index (χ3v) is 10.6. The summed E-state index contributed by atoms with van der Waals surface area (Å²) in [6, 6.07) is 3.93. The number of hydrogen-bond donors (Lipinski definition) is 1. The molecule has 1 aromatic heterocycles. The van der Waals surface area contributed by atoms with Gasteiger partial charge in [0.2, 0.25) is 5.91 Å². The van der Waals surface area contributed by atoms with Crippen molar-refractivity contribution in [1.82, 2.24) is 30.3 Å². The minimum atomic E-state index is -0.502. The summed E-state index contributed by atoms with van der Waals surface area (Å²) in [5, 5.41) is 11.5. The van der Waals surface area contributed by atoms with Crippen molar-refractivity contribution in [3.8, 4) is 11.6 Å². The van der Waals surface area contributed by atoms with Crippen LogP contribution in [-0.2, 0) is 4.79 Å². The standard InChI is InChI=1S/C33H46FN7O3/c1-5-41(22(2)3)31(43)26-16-25(34)6-7-27(26)44-30-28(35-21-36-38-30)40-19-32(20-40)12-14-39(15-13-32)18-24-8-10-33(11-9-24)17-23(4)29(42)37-33/h6-7,16,21-24H,5,8-15,17-20H2,1-4H3,(H,37,42). The molecule has 1 saturated carbocycles. The highest BCUT2D eigenvalue weighted by Gasteiger charge is 2.47. The second kappa shape index (κ2) is 12.2. The summed E-state index contributed by atoms with van der Waals surface area (Å²) in [7, 11) is 0. The summed E-state index contributed by atoms with van der Waals surface area (Å²) in [4.78, 5) is 36.4. The van der Waals surface area contributed by atoms with Gasteiger partial charge in [0.15, 0.2) is 5.82 Å². The van der Waals surface area contributed by atoms with E-state index in [1.165, 1.54) is 37.4 Å². The Morgan fingerprint density at radius 1 is 1.18 bits per heavy atom. The molecule has 4 heterocycles. The number of halogens is 1. The number of nitrogens with zero attached hydrogens (tertiary/aromatic N) is 6. The van der Waals surface area contributed by atoms with Gasteiger partial charge in [0, 0.05) is 49.1 Å². The molecule has 1 unspecified atom stereocenters. The second-order valence-electron chi connectivity index (χ2n) is 14.0. The SMILES string of the molecule is CCN(C(=O)c1cc(F)ccc1Oc1nncnc1N1CC2(CCN(CC3CCC4(CC3)CC(C)C(=O)N4)CC2)C1)C(C)C. The van der Waals surface area contributed by atoms with E-state index in [-0.39, 0.29) is 51.9 Å². The van der Waals surface area contributed by atoms with E-state index in [0.717, 1.165) is 64.8 Å². The number of carbonyl (C=O) groups excluding carboxylic acids is 2. The highest BCUT2D eigenvalue weighted by molar-refractivity contribution is 5.97. The van der Waals surface area contributed by atoms with Crippen LogP contribution >= 0.6 is 0 Å². The number of likely N-dealkylation sites (tertiary alicyclic amines) is 1. The largest absolute Gasteiger partial charge is 0.434 e. The van der Waals surface area contributed by atoms with E-state index in [2.05, 4.69) is 37.2 Å². The van der Waals surface area contributed by atoms with Gasteiger partial charge in [-0.2, -0.15) is 0 Å². The van der Waals surface area contributed by atoms with Gasteiger partial charge in [0.05, 0.1) is 5.56 Å². The fraction of sp³-hybridized carbons (Fsp3) is 0.667. The Hall–Kier alpha value is -3.34. The molecule has 3 aliphatic heterocycles. The molecule has 6 rings (SSSR count). The fourth-order valence-corrected chi connectivity index (χ4v) is 7.96. The lowest BCUT2D eigenvalue weighted by Gasteiger charge is -2.54. The minimum Gasteiger partial charge on any atom is -0.434 e. The third kappa shape index (κ3) is 6.12. The van der Waals surface area contributed by atoms with Crippen molar-refractivity contribution in [2.75, 3.05) is 44.2 Å². The van der Waals surface area contributed by atoms with Gasteiger partial charge in [-0.15, -0.1) is 10.2 Å². The normalized spacial score (nSPS) is 26.6. The number of benzene rings is 1. The van der Waals surface area contributed by atoms with Crippen molar-refractivity contribution in [1.29, 1.82) is 0 Å². The first-order chi connectivity index (χ1) is 21.1. The molecule has 11 heteroatoms. The fourth-order valence-electron chi connectivity index (χ4n) is 7.96. The molecule has 2 aromatic rings. The lowest BCUT2D eigenvalue weighted by molar-refractivity contribution is -0.122. The van der Waals surface area contributed by atoms with Gasteiger partial charge in [-0.05, 0) is 103 Å². The zero-order valence-corrected chi connectivity index (χ0v) is 26.5. The van der Waals surface area contributed by atoms with Crippen molar-refractivity contribution >= 4 is 17.6 Å². The number of carbonyl (C=O) groups is 2. The van der Waals surface area contributed by atoms with Gasteiger partial charge in [0.25, 0.3) is 11.8 Å². The van der Waals surface area contributed by atoms with E-state index < -0.39 is 5.82 Å². The van der Waals surface area contributed by atoms with E-state index in [9.17, 15) is 14.0 Å². The maximum Gasteiger partial charge on any atom is 0.282 e. The van der Waals surface area contributed by atoms with Gasteiger partial charge in [0.1, 0.15) is 17.9 Å². The molecule has 1 N–H and O–H groups in total. The minimum absolute atomic E-state index is 0.0408. The topological polar surface area (TPSA) is 104 Å². The van der Waals surface area contributed by atoms with Crippen LogP contribution in [0.25, 0.3) is 0 Å². The Labute approximate surface area is 259 Å². The van der Waals surface area contributed by atoms with Gasteiger partial charge >= 0.3 is 0 Å². The number of anilines is 1. The smallest absolute Gasteiger partial charge is 0.282 e. The molecule has 1 atom stereocenters. The summed E-state index contributed by atoms with van der Waals surface area (Å²) in [5.74, 6) is 1.35. The van der Waals surface area contributed by atoms with E-state index >= 15 is 0 Å². The molecule has 4 aliphatic rings. The van der Waals surface area contributed by atoms with Crippen LogP contribution in [0, 0.1) is 23.1 Å². The molecular formula is C33H46FN7O3. The third-order valence-electron chi connectivity index (χ3n) is 10.6. The number of hydrogen-bond acceptors (Lipinski definition) is 8. The van der Waals surface area contributed by atoms with Crippen LogP contribution < -0.4 is 15.0 Å². The molecular weight excluding hydrogens is 561 g/mol. The number of aromatic nitrogens is 3. The van der Waals surface area contributed by atoms with Gasteiger partial charge in [-0.3, -0.25) is 9.59 Å². The highest BCUT2D eigenvalue weighted by atomic mass is 19.1. The van der Waals surface area contributed by atoms with Crippen molar-refractivity contribution in [3.63, 3.8) is 0 Å². The van der Waals surface area contributed by atoms with E-state index in [1.54, 1.807) is 4.90 Å². The lowest BCUT2D eigenvalue weighted by Crippen LogP contribution is -2.61. The molecule has 3 saturated heterocycles. The first kappa shape index (κ1) is 30.7. The summed E-state index contributed by atoms with van der Waals surface area (Å²) in [6.45, 7) is 13.4. The van der Waals surface area contributed by atoms with Gasteiger partial charge in [-0.25, -0.2) is 9.37 Å². The average molecular weight is 608 g/mol. The summed E-state index contributed by atoms with van der Waals surface area (Å²) in [5.41, 5.74) is 0.459. The van der Waals surface area contributed by atoms with E-state index in [4.69, 9.17) is 4.74 Å². The van der Waals surface area contributed by atoms with Crippen LogP contribution in [0.5, 0.6) is 11.6 Å². The van der Waals surface area contributed by atoms with Crippen molar-refractivity contribution < 1.29 is 18.7 Å². The molecule has 4 fully saturated rings. The lowest BCUT2D eigenvalue weighted by atomic mass is 9.71. The Morgan fingerprint density at radius 3 is 2.55 bits per heavy atom. The van der Waals surface area contributed by atoms with Gasteiger partial charge in [-0.1, -0.05) is 6.92 Å². The Balaban J connectivity index is 1.04. The molecule has 238 valence electrons. The number of amides is 2. The van der Waals surface area contributed by atoms with Crippen molar-refractivity contribution in [2.45, 2.75) is 84.2 Å². The molecule has 0 radical (unpaired) electrons. The van der Waals surface area contributed by atoms with E-state index in [1.807, 2.05) is 20.8 Å². The van der Waals surface area contributed by atoms with Crippen LogP contribution in [0.15, 0.2) is 24.5 Å². The second-order valence-corrected chi connectivity index (χ2v) is 14.0. The number of piperidine rings is 1. The van der Waals surface area contributed by atoms with Crippen molar-refractivity contribution in [2.24, 2.45) is 17.3 Å². The van der Waals surface area contributed by atoms with Crippen molar-refractivity contribution in [3.05, 3.63) is 35.9 Å². The molecule has 1 aliphatic carbocycles. The average Bonchev–Trinajstić information content (AvgIpc) is 3.27. The zero-order valence-electron chi connectivity index (χ0n) is 26.5. The Bertz CT molecular complexity index is 1360. The van der Waals surface area contributed by atoms with Gasteiger partial charge < -0.3 is 24.8 Å². The predicted octanol–water partition coefficient (Wildman–Crippen LogP) is 4.66. The van der Waals surface area contributed by atoms with Crippen LogP contribution in [0.4, 0.5) is 10.2 Å². The summed E-state index contributed by atoms with van der Waals surface area (Å²) in [6.07, 6.45) is 9.30. The molecule has 10 nitrogen and oxygen atoms in total. The molecule has 0 bridgehead atoms. The maximum absolute atomic E-state index is 14.2. The van der Waals surface area contributed by atoms with Crippen LogP contribution in [0.3, 0.4) is 0 Å². The number of rotatable bonds is 8. The van der Waals surface area contributed by atoms with Crippen LogP contribution in [0.1, 0.15) is 83.0 Å². The summed E-state index contributed by atoms with van der Waals surface area (Å²) >= 11 is 0. The van der Waals surface area contributed by atoms with Crippen LogP contribution in [0.2, 0.25) is 0 Å². The predicted molar refractivity (Wildman–Crippen MR) is 165 cm³/mol. The monoisotopic (exact) mass is 607 g/mol. The zero-order chi connectivity index (χ0) is 31.1. The quantitative estimate of drug-likeness (QED) is 0.462. The number of ether oxygens (including phenoxy) is 1. The first-order valence-electron chi connectivity index (χ1n) is 16.3. The molecule has 1 aromatic carbocycles. The summed E-state index contributed by atoms with van der Waals surface area (Å²) < 4.78 is 20.4. The molecule has 2 spiro atoms. The molecule has 44 heavy (non-hydrogen) atoms.